The van der Waals surface area contributed by atoms with E-state index in [2.05, 4.69) is 5.32 Å². The van der Waals surface area contributed by atoms with Gasteiger partial charge in [-0.15, -0.1) is 0 Å². The van der Waals surface area contributed by atoms with Crippen LogP contribution in [-0.4, -0.2) is 36.5 Å². The summed E-state index contributed by atoms with van der Waals surface area (Å²) in [5.41, 5.74) is 2.20. The number of nitrogens with one attached hydrogen (secondary N) is 1. The Bertz CT molecular complexity index is 881. The van der Waals surface area contributed by atoms with E-state index in [0.717, 1.165) is 31.4 Å². The number of ether oxygens (including phenoxy) is 2. The van der Waals surface area contributed by atoms with E-state index in [1.807, 2.05) is 43.0 Å². The van der Waals surface area contributed by atoms with Crippen LogP contribution in [0.3, 0.4) is 0 Å². The Kier molecular flexibility index (Phi) is 7.71. The summed E-state index contributed by atoms with van der Waals surface area (Å²) < 4.78 is 11.3. The monoisotopic (exact) mass is 410 g/mol. The topological polar surface area (TPSA) is 67.9 Å². The summed E-state index contributed by atoms with van der Waals surface area (Å²) in [6, 6.07) is 12.9. The van der Waals surface area contributed by atoms with E-state index in [9.17, 15) is 9.59 Å². The van der Waals surface area contributed by atoms with E-state index >= 15 is 0 Å². The molecule has 3 rings (SSSR count). The highest BCUT2D eigenvalue weighted by Gasteiger charge is 2.18. The zero-order chi connectivity index (χ0) is 21.3. The number of amides is 2. The molecule has 0 spiro atoms. The molecule has 2 aromatic rings. The van der Waals surface area contributed by atoms with Gasteiger partial charge < -0.3 is 19.7 Å². The van der Waals surface area contributed by atoms with E-state index in [1.165, 1.54) is 0 Å². The molecule has 2 amide bonds. The third kappa shape index (κ3) is 5.75. The number of carbonyl (C=O) groups excluding carboxylic acids is 2. The first-order valence-corrected chi connectivity index (χ1v) is 10.7. The molecule has 160 valence electrons. The van der Waals surface area contributed by atoms with Gasteiger partial charge in [0.2, 0.25) is 5.91 Å². The smallest absolute Gasteiger partial charge is 0.255 e. The molecule has 1 aliphatic heterocycles. The Balaban J connectivity index is 1.69. The SMILES string of the molecule is CCCOc1ccc(C(=O)Nc2cccc(CN3CCCCC3=O)c2)cc1OCC. The van der Waals surface area contributed by atoms with E-state index < -0.39 is 0 Å². The van der Waals surface area contributed by atoms with Gasteiger partial charge in [-0.3, -0.25) is 9.59 Å². The van der Waals surface area contributed by atoms with Gasteiger partial charge in [0.1, 0.15) is 0 Å². The van der Waals surface area contributed by atoms with Gasteiger partial charge in [0, 0.05) is 30.8 Å². The number of hydrogen-bond acceptors (Lipinski definition) is 4. The first kappa shape index (κ1) is 21.7. The summed E-state index contributed by atoms with van der Waals surface area (Å²) in [5, 5.41) is 2.94. The van der Waals surface area contributed by atoms with Gasteiger partial charge in [-0.2, -0.15) is 0 Å². The molecule has 0 aromatic heterocycles. The number of piperidine rings is 1. The van der Waals surface area contributed by atoms with Gasteiger partial charge in [-0.25, -0.2) is 0 Å². The lowest BCUT2D eigenvalue weighted by atomic mass is 10.1. The van der Waals surface area contributed by atoms with Crippen molar-refractivity contribution in [3.05, 3.63) is 53.6 Å². The van der Waals surface area contributed by atoms with Crippen LogP contribution in [0.5, 0.6) is 11.5 Å². The van der Waals surface area contributed by atoms with E-state index in [4.69, 9.17) is 9.47 Å². The summed E-state index contributed by atoms with van der Waals surface area (Å²) in [6.45, 7) is 6.39. The summed E-state index contributed by atoms with van der Waals surface area (Å²) in [6.07, 6.45) is 3.53. The minimum atomic E-state index is -0.218. The number of hydrogen-bond donors (Lipinski definition) is 1. The average Bonchev–Trinajstić information content (AvgIpc) is 2.75. The molecule has 1 aliphatic rings. The predicted octanol–water partition coefficient (Wildman–Crippen LogP) is 4.64. The Morgan fingerprint density at radius 2 is 1.93 bits per heavy atom. The highest BCUT2D eigenvalue weighted by molar-refractivity contribution is 6.04. The summed E-state index contributed by atoms with van der Waals surface area (Å²) >= 11 is 0. The normalized spacial score (nSPS) is 13.8. The second kappa shape index (κ2) is 10.7. The maximum absolute atomic E-state index is 12.8. The standard InChI is InChI=1S/C24H30N2O4/c1-3-14-30-21-12-11-19(16-22(21)29-4-2)24(28)25-20-9-7-8-18(15-20)17-26-13-6-5-10-23(26)27/h7-9,11-12,15-16H,3-6,10,13-14,17H2,1-2H3,(H,25,28). The van der Waals surface area contributed by atoms with Crippen molar-refractivity contribution in [2.45, 2.75) is 46.1 Å². The minimum Gasteiger partial charge on any atom is -0.490 e. The Morgan fingerprint density at radius 1 is 1.07 bits per heavy atom. The molecule has 6 nitrogen and oxygen atoms in total. The highest BCUT2D eigenvalue weighted by Crippen LogP contribution is 2.29. The number of benzene rings is 2. The van der Waals surface area contributed by atoms with Crippen molar-refractivity contribution in [2.24, 2.45) is 0 Å². The van der Waals surface area contributed by atoms with E-state index in [0.29, 0.717) is 48.9 Å². The van der Waals surface area contributed by atoms with Crippen LogP contribution in [0, 0.1) is 0 Å². The lowest BCUT2D eigenvalue weighted by Gasteiger charge is -2.26. The third-order valence-corrected chi connectivity index (χ3v) is 4.95. The van der Waals surface area contributed by atoms with Crippen LogP contribution in [0.4, 0.5) is 5.69 Å². The molecule has 30 heavy (non-hydrogen) atoms. The first-order valence-electron chi connectivity index (χ1n) is 10.7. The fourth-order valence-electron chi connectivity index (χ4n) is 3.45. The fourth-order valence-corrected chi connectivity index (χ4v) is 3.45. The van der Waals surface area contributed by atoms with Crippen LogP contribution in [-0.2, 0) is 11.3 Å². The average molecular weight is 411 g/mol. The zero-order valence-corrected chi connectivity index (χ0v) is 17.8. The second-order valence-electron chi connectivity index (χ2n) is 7.37. The van der Waals surface area contributed by atoms with Crippen molar-refractivity contribution in [3.8, 4) is 11.5 Å². The van der Waals surface area contributed by atoms with Gasteiger partial charge in [-0.1, -0.05) is 19.1 Å². The van der Waals surface area contributed by atoms with Gasteiger partial charge >= 0.3 is 0 Å². The molecule has 0 aliphatic carbocycles. The maximum Gasteiger partial charge on any atom is 0.255 e. The second-order valence-corrected chi connectivity index (χ2v) is 7.37. The van der Waals surface area contributed by atoms with Crippen molar-refractivity contribution in [3.63, 3.8) is 0 Å². The van der Waals surface area contributed by atoms with Crippen molar-refractivity contribution in [2.75, 3.05) is 25.1 Å². The van der Waals surface area contributed by atoms with Crippen LogP contribution < -0.4 is 14.8 Å². The predicted molar refractivity (Wildman–Crippen MR) is 117 cm³/mol. The van der Waals surface area contributed by atoms with Crippen molar-refractivity contribution < 1.29 is 19.1 Å². The molecule has 0 saturated carbocycles. The summed E-state index contributed by atoms with van der Waals surface area (Å²) in [4.78, 5) is 26.7. The molecule has 1 saturated heterocycles. The van der Waals surface area contributed by atoms with Crippen molar-refractivity contribution in [1.29, 1.82) is 0 Å². The Labute approximate surface area is 178 Å². The Morgan fingerprint density at radius 3 is 2.70 bits per heavy atom. The molecule has 1 N–H and O–H groups in total. The summed E-state index contributed by atoms with van der Waals surface area (Å²) in [7, 11) is 0. The highest BCUT2D eigenvalue weighted by atomic mass is 16.5. The molecule has 0 atom stereocenters. The van der Waals surface area contributed by atoms with Gasteiger partial charge in [0.25, 0.3) is 5.91 Å². The molecule has 2 aromatic carbocycles. The largest absolute Gasteiger partial charge is 0.490 e. The molecular weight excluding hydrogens is 380 g/mol. The van der Waals surface area contributed by atoms with Crippen LogP contribution in [0.1, 0.15) is 55.5 Å². The van der Waals surface area contributed by atoms with Crippen LogP contribution in [0.15, 0.2) is 42.5 Å². The molecule has 6 heteroatoms. The molecule has 0 unspecified atom stereocenters. The number of nitrogens with zero attached hydrogens (tertiary/aromatic N) is 1. The van der Waals surface area contributed by atoms with Crippen molar-refractivity contribution >= 4 is 17.5 Å². The van der Waals surface area contributed by atoms with Crippen LogP contribution in [0.2, 0.25) is 0 Å². The first-order chi connectivity index (χ1) is 14.6. The van der Waals surface area contributed by atoms with Gasteiger partial charge in [0.05, 0.1) is 13.2 Å². The zero-order valence-electron chi connectivity index (χ0n) is 17.8. The molecule has 0 bridgehead atoms. The summed E-state index contributed by atoms with van der Waals surface area (Å²) in [5.74, 6) is 1.19. The quantitative estimate of drug-likeness (QED) is 0.654. The molecule has 0 radical (unpaired) electrons. The van der Waals surface area contributed by atoms with Crippen LogP contribution >= 0.6 is 0 Å². The van der Waals surface area contributed by atoms with E-state index in [1.54, 1.807) is 18.2 Å². The van der Waals surface area contributed by atoms with Crippen LogP contribution in [0.25, 0.3) is 0 Å². The Hall–Kier alpha value is -3.02. The number of carbonyl (C=O) groups is 2. The number of anilines is 1. The van der Waals surface area contributed by atoms with Crippen molar-refractivity contribution in [1.82, 2.24) is 4.90 Å². The molecule has 1 heterocycles. The lowest BCUT2D eigenvalue weighted by Crippen LogP contribution is -2.34. The van der Waals surface area contributed by atoms with Gasteiger partial charge in [-0.05, 0) is 62.1 Å². The van der Waals surface area contributed by atoms with Gasteiger partial charge in [0.15, 0.2) is 11.5 Å². The van der Waals surface area contributed by atoms with E-state index in [-0.39, 0.29) is 11.8 Å². The maximum atomic E-state index is 12.8. The minimum absolute atomic E-state index is 0.199. The molecule has 1 fully saturated rings. The molecular formula is C24H30N2O4. The fraction of sp³-hybridized carbons (Fsp3) is 0.417. The third-order valence-electron chi connectivity index (χ3n) is 4.95. The number of likely N-dealkylation sites (tertiary alicyclic amines) is 1. The number of rotatable bonds is 9. The lowest BCUT2D eigenvalue weighted by molar-refractivity contribution is -0.133.